The molecule has 0 aliphatic carbocycles. The van der Waals surface area contributed by atoms with Crippen molar-refractivity contribution in [1.82, 2.24) is 0 Å². The number of unbranched alkanes of at least 4 members (excludes halogenated alkanes) is 9. The first kappa shape index (κ1) is 28.9. The molecule has 1 atom stereocenters. The van der Waals surface area contributed by atoms with E-state index in [9.17, 15) is 18.0 Å². The largest absolute Gasteiger partial charge is 0.465 e. The number of carbonyl (C=O) groups is 1. The van der Waals surface area contributed by atoms with Gasteiger partial charge >= 0.3 is 12.1 Å². The van der Waals surface area contributed by atoms with Crippen molar-refractivity contribution < 1.29 is 22.7 Å². The van der Waals surface area contributed by atoms with Crippen molar-refractivity contribution in [2.45, 2.75) is 108 Å². The number of ether oxygens (including phenoxy) is 1. The maximum absolute atomic E-state index is 11.6. The molecule has 0 saturated heterocycles. The van der Waals surface area contributed by atoms with Gasteiger partial charge in [-0.3, -0.25) is 4.79 Å². The molecule has 162 valence electrons. The Bertz CT molecular complexity index is 358. The van der Waals surface area contributed by atoms with Crippen LogP contribution in [-0.2, 0) is 9.53 Å². The van der Waals surface area contributed by atoms with E-state index in [2.05, 4.69) is 36.4 Å². The van der Waals surface area contributed by atoms with Crippen LogP contribution in [0.25, 0.3) is 0 Å². The van der Waals surface area contributed by atoms with Crippen LogP contribution in [0.15, 0.2) is 12.2 Å². The lowest BCUT2D eigenvalue weighted by Crippen LogP contribution is -2.11. The topological polar surface area (TPSA) is 26.3 Å². The maximum atomic E-state index is 11.6. The zero-order valence-electron chi connectivity index (χ0n) is 17.3. The molecule has 27 heavy (non-hydrogen) atoms. The first-order valence-electron chi connectivity index (χ1n) is 10.2. The smallest absolute Gasteiger partial charge is 0.409 e. The Labute approximate surface area is 177 Å². The lowest BCUT2D eigenvalue weighted by Gasteiger charge is -2.09. The third-order valence-corrected chi connectivity index (χ3v) is 4.85. The summed E-state index contributed by atoms with van der Waals surface area (Å²) in [7, 11) is 0. The fourth-order valence-corrected chi connectivity index (χ4v) is 2.96. The first-order chi connectivity index (χ1) is 12.7. The van der Waals surface area contributed by atoms with E-state index >= 15 is 0 Å². The molecular formula is C21H38F3IO2. The number of hydrogen-bond acceptors (Lipinski definition) is 2. The molecule has 2 nitrogen and oxygen atoms in total. The van der Waals surface area contributed by atoms with Crippen LogP contribution in [0.5, 0.6) is 0 Å². The summed E-state index contributed by atoms with van der Waals surface area (Å²) in [4.78, 5) is 10.5. The van der Waals surface area contributed by atoms with Crippen LogP contribution in [0.2, 0.25) is 0 Å². The van der Waals surface area contributed by atoms with E-state index in [1.54, 1.807) is 0 Å². The second-order valence-electron chi connectivity index (χ2n) is 6.75. The molecular weight excluding hydrogens is 468 g/mol. The van der Waals surface area contributed by atoms with Gasteiger partial charge in [-0.25, -0.2) is 0 Å². The van der Waals surface area contributed by atoms with Crippen LogP contribution < -0.4 is 0 Å². The molecule has 0 heterocycles. The van der Waals surface area contributed by atoms with Gasteiger partial charge in [-0.15, -0.1) is 0 Å². The molecule has 1 unspecified atom stereocenters. The molecule has 6 heteroatoms. The van der Waals surface area contributed by atoms with Crippen molar-refractivity contribution in [3.8, 4) is 0 Å². The van der Waals surface area contributed by atoms with Crippen LogP contribution in [0.3, 0.4) is 0 Å². The minimum Gasteiger partial charge on any atom is -0.465 e. The molecule has 0 aromatic heterocycles. The second kappa shape index (κ2) is 20.5. The highest BCUT2D eigenvalue weighted by atomic mass is 127. The molecule has 0 saturated carbocycles. The molecule has 0 aliphatic rings. The number of hydrogen-bond donors (Lipinski definition) is 0. The molecule has 0 spiro atoms. The minimum absolute atomic E-state index is 0.169. The summed E-state index contributed by atoms with van der Waals surface area (Å²) >= 11 is 2.36. The van der Waals surface area contributed by atoms with Crippen molar-refractivity contribution in [2.24, 2.45) is 0 Å². The van der Waals surface area contributed by atoms with Gasteiger partial charge in [0.2, 0.25) is 0 Å². The zero-order valence-corrected chi connectivity index (χ0v) is 19.4. The SMILES string of the molecule is CCCCCCCC(I)COC(C)=O.CCCCCCCC=CC(F)(F)F. The van der Waals surface area contributed by atoms with Crippen LogP contribution in [0.4, 0.5) is 13.2 Å². The van der Waals surface area contributed by atoms with E-state index in [0.29, 0.717) is 23.0 Å². The molecule has 0 rings (SSSR count). The molecule has 0 aromatic rings. The maximum Gasteiger partial charge on any atom is 0.409 e. The monoisotopic (exact) mass is 506 g/mol. The van der Waals surface area contributed by atoms with E-state index in [0.717, 1.165) is 25.7 Å². The van der Waals surface area contributed by atoms with Gasteiger partial charge < -0.3 is 4.74 Å². The number of esters is 1. The highest BCUT2D eigenvalue weighted by Gasteiger charge is 2.21. The summed E-state index contributed by atoms with van der Waals surface area (Å²) in [5.41, 5.74) is 0. The predicted molar refractivity (Wildman–Crippen MR) is 116 cm³/mol. The van der Waals surface area contributed by atoms with E-state index in [4.69, 9.17) is 4.74 Å². The van der Waals surface area contributed by atoms with Gasteiger partial charge in [-0.2, -0.15) is 13.2 Å². The summed E-state index contributed by atoms with van der Waals surface area (Å²) in [6.07, 6.45) is 11.1. The number of halogens is 4. The minimum atomic E-state index is -4.14. The Morgan fingerprint density at radius 3 is 1.96 bits per heavy atom. The molecule has 0 amide bonds. The summed E-state index contributed by atoms with van der Waals surface area (Å²) in [5, 5.41) is 0. The summed E-state index contributed by atoms with van der Waals surface area (Å²) in [5.74, 6) is -0.169. The van der Waals surface area contributed by atoms with Gasteiger partial charge in [0.1, 0.15) is 6.61 Å². The molecule has 0 radical (unpaired) electrons. The summed E-state index contributed by atoms with van der Waals surface area (Å²) in [6, 6.07) is 0. The van der Waals surface area contributed by atoms with Gasteiger partial charge in [0.15, 0.2) is 0 Å². The quantitative estimate of drug-likeness (QED) is 0.0781. The van der Waals surface area contributed by atoms with Crippen LogP contribution >= 0.6 is 22.6 Å². The third-order valence-electron chi connectivity index (χ3n) is 3.87. The average Bonchev–Trinajstić information content (AvgIpc) is 2.58. The fraction of sp³-hybridized carbons (Fsp3) is 0.857. The van der Waals surface area contributed by atoms with Gasteiger partial charge in [0.05, 0.1) is 0 Å². The Hall–Kier alpha value is -0.270. The first-order valence-corrected chi connectivity index (χ1v) is 11.5. The number of rotatable bonds is 14. The Kier molecular flexibility index (Phi) is 21.9. The third kappa shape index (κ3) is 30.7. The van der Waals surface area contributed by atoms with E-state index in [1.165, 1.54) is 57.9 Å². The number of allylic oxidation sites excluding steroid dienone is 2. The standard InChI is InChI=1S/C11H21IO2.C10H17F3/c1-3-4-5-6-7-8-11(12)9-14-10(2)13;1-2-3-4-5-6-7-8-9-10(11,12)13/h11H,3-9H2,1-2H3;8-9H,2-7H2,1H3. The Morgan fingerprint density at radius 1 is 0.963 bits per heavy atom. The van der Waals surface area contributed by atoms with Crippen molar-refractivity contribution in [2.75, 3.05) is 6.61 Å². The molecule has 0 bridgehead atoms. The summed E-state index contributed by atoms with van der Waals surface area (Å²) < 4.78 is 40.2. The number of alkyl halides is 4. The van der Waals surface area contributed by atoms with Gasteiger partial charge in [-0.1, -0.05) is 100 Å². The van der Waals surface area contributed by atoms with Gasteiger partial charge in [0.25, 0.3) is 0 Å². The average molecular weight is 506 g/mol. The zero-order chi connectivity index (χ0) is 21.0. The Morgan fingerprint density at radius 2 is 1.48 bits per heavy atom. The highest BCUT2D eigenvalue weighted by Crippen LogP contribution is 2.17. The second-order valence-corrected chi connectivity index (χ2v) is 8.51. The summed E-state index contributed by atoms with van der Waals surface area (Å²) in [6.45, 7) is 6.37. The van der Waals surface area contributed by atoms with Crippen molar-refractivity contribution >= 4 is 28.6 Å². The van der Waals surface area contributed by atoms with Crippen molar-refractivity contribution in [3.63, 3.8) is 0 Å². The van der Waals surface area contributed by atoms with Crippen molar-refractivity contribution in [3.05, 3.63) is 12.2 Å². The highest BCUT2D eigenvalue weighted by molar-refractivity contribution is 14.1. The number of carbonyl (C=O) groups excluding carboxylic acids is 1. The molecule has 0 fully saturated rings. The Balaban J connectivity index is 0. The van der Waals surface area contributed by atoms with E-state index in [1.807, 2.05) is 0 Å². The molecule has 0 aliphatic heterocycles. The lowest BCUT2D eigenvalue weighted by molar-refractivity contribution is -0.140. The van der Waals surface area contributed by atoms with Gasteiger partial charge in [0, 0.05) is 16.9 Å². The van der Waals surface area contributed by atoms with Crippen LogP contribution in [-0.4, -0.2) is 22.7 Å². The van der Waals surface area contributed by atoms with E-state index in [-0.39, 0.29) is 5.97 Å². The van der Waals surface area contributed by atoms with Crippen molar-refractivity contribution in [1.29, 1.82) is 0 Å². The predicted octanol–water partition coefficient (Wildman–Crippen LogP) is 8.18. The van der Waals surface area contributed by atoms with Crippen LogP contribution in [0.1, 0.15) is 97.8 Å². The van der Waals surface area contributed by atoms with E-state index < -0.39 is 6.18 Å². The lowest BCUT2D eigenvalue weighted by atomic mass is 10.1. The molecule has 0 aromatic carbocycles. The van der Waals surface area contributed by atoms with Crippen LogP contribution in [0, 0.1) is 0 Å². The van der Waals surface area contributed by atoms with Gasteiger partial charge in [-0.05, 0) is 19.3 Å². The molecule has 0 N–H and O–H groups in total. The fourth-order valence-electron chi connectivity index (χ4n) is 2.34. The normalized spacial score (nSPS) is 12.6.